The molecule has 88 valence electrons. The summed E-state index contributed by atoms with van der Waals surface area (Å²) in [4.78, 5) is 0. The van der Waals surface area contributed by atoms with Gasteiger partial charge in [-0.25, -0.2) is 0 Å². The zero-order chi connectivity index (χ0) is 12.3. The predicted octanol–water partition coefficient (Wildman–Crippen LogP) is 3.84. The Bertz CT molecular complexity index is 523. The van der Waals surface area contributed by atoms with Gasteiger partial charge in [-0.1, -0.05) is 41.4 Å². The van der Waals surface area contributed by atoms with Gasteiger partial charge in [0.15, 0.2) is 0 Å². The van der Waals surface area contributed by atoms with Crippen LogP contribution in [0.25, 0.3) is 0 Å². The first-order valence-corrected chi connectivity index (χ1v) is 5.87. The van der Waals surface area contributed by atoms with Crippen LogP contribution in [0.1, 0.15) is 11.1 Å². The Morgan fingerprint density at radius 3 is 2.71 bits per heavy atom. The first-order valence-electron chi connectivity index (χ1n) is 5.49. The lowest BCUT2D eigenvalue weighted by molar-refractivity contribution is 1.14. The third-order valence-electron chi connectivity index (χ3n) is 2.56. The fourth-order valence-electron chi connectivity index (χ4n) is 1.69. The monoisotopic (exact) mass is 246 g/mol. The zero-order valence-corrected chi connectivity index (χ0v) is 10.5. The number of benzene rings is 2. The third kappa shape index (κ3) is 3.14. The molecule has 2 nitrogen and oxygen atoms in total. The normalized spacial score (nSPS) is 10.2. The molecule has 3 heteroatoms. The summed E-state index contributed by atoms with van der Waals surface area (Å²) in [5.41, 5.74) is 9.72. The van der Waals surface area contributed by atoms with Crippen LogP contribution in [-0.2, 0) is 6.54 Å². The summed E-state index contributed by atoms with van der Waals surface area (Å²) >= 11 is 6.08. The van der Waals surface area contributed by atoms with Crippen LogP contribution in [0.4, 0.5) is 11.4 Å². The highest BCUT2D eigenvalue weighted by Crippen LogP contribution is 2.24. The number of aryl methyl sites for hydroxylation is 1. The van der Waals surface area contributed by atoms with Gasteiger partial charge in [0, 0.05) is 12.2 Å². The highest BCUT2D eigenvalue weighted by Gasteiger charge is 2.00. The minimum Gasteiger partial charge on any atom is -0.399 e. The summed E-state index contributed by atoms with van der Waals surface area (Å²) in [5, 5.41) is 3.95. The Hall–Kier alpha value is -1.67. The van der Waals surface area contributed by atoms with Crippen molar-refractivity contribution < 1.29 is 0 Å². The van der Waals surface area contributed by atoms with E-state index >= 15 is 0 Å². The van der Waals surface area contributed by atoms with Crippen LogP contribution in [0.3, 0.4) is 0 Å². The minimum absolute atomic E-state index is 0.651. The van der Waals surface area contributed by atoms with Crippen molar-refractivity contribution in [2.75, 3.05) is 11.1 Å². The number of rotatable bonds is 3. The molecule has 0 saturated carbocycles. The number of anilines is 2. The van der Waals surface area contributed by atoms with Crippen molar-refractivity contribution in [1.29, 1.82) is 0 Å². The SMILES string of the molecule is Cc1cccc(CNc2ccc(N)cc2Cl)c1. The molecule has 0 aliphatic carbocycles. The van der Waals surface area contributed by atoms with E-state index in [2.05, 4.69) is 36.5 Å². The Morgan fingerprint density at radius 1 is 1.18 bits per heavy atom. The standard InChI is InChI=1S/C14H15ClN2/c1-10-3-2-4-11(7-10)9-17-14-6-5-12(16)8-13(14)15/h2-8,17H,9,16H2,1H3. The molecule has 0 aromatic heterocycles. The van der Waals surface area contributed by atoms with E-state index in [0.717, 1.165) is 12.2 Å². The summed E-state index contributed by atoms with van der Waals surface area (Å²) in [6, 6.07) is 13.9. The molecule has 0 bridgehead atoms. The lowest BCUT2D eigenvalue weighted by Crippen LogP contribution is -2.00. The van der Waals surface area contributed by atoms with E-state index in [9.17, 15) is 0 Å². The second-order valence-corrected chi connectivity index (χ2v) is 4.49. The molecule has 0 spiro atoms. The van der Waals surface area contributed by atoms with Crippen molar-refractivity contribution in [3.63, 3.8) is 0 Å². The molecule has 0 saturated heterocycles. The average molecular weight is 247 g/mol. The molecule has 2 rings (SSSR count). The summed E-state index contributed by atoms with van der Waals surface area (Å²) in [5.74, 6) is 0. The van der Waals surface area contributed by atoms with Gasteiger partial charge in [0.1, 0.15) is 0 Å². The minimum atomic E-state index is 0.651. The van der Waals surface area contributed by atoms with Gasteiger partial charge in [-0.15, -0.1) is 0 Å². The van der Waals surface area contributed by atoms with Gasteiger partial charge in [0.2, 0.25) is 0 Å². The predicted molar refractivity (Wildman–Crippen MR) is 74.4 cm³/mol. The molecule has 0 amide bonds. The largest absolute Gasteiger partial charge is 0.399 e. The maximum atomic E-state index is 6.08. The molecule has 0 heterocycles. The van der Waals surface area contributed by atoms with Crippen LogP contribution in [0.5, 0.6) is 0 Å². The summed E-state index contributed by atoms with van der Waals surface area (Å²) in [6.45, 7) is 2.84. The van der Waals surface area contributed by atoms with Gasteiger partial charge in [-0.3, -0.25) is 0 Å². The maximum absolute atomic E-state index is 6.08. The smallest absolute Gasteiger partial charge is 0.0658 e. The van der Waals surface area contributed by atoms with E-state index in [0.29, 0.717) is 10.7 Å². The van der Waals surface area contributed by atoms with Crippen LogP contribution >= 0.6 is 11.6 Å². The summed E-state index contributed by atoms with van der Waals surface area (Å²) < 4.78 is 0. The molecular formula is C14H15ClN2. The second kappa shape index (κ2) is 5.11. The van der Waals surface area contributed by atoms with Crippen molar-refractivity contribution in [1.82, 2.24) is 0 Å². The lowest BCUT2D eigenvalue weighted by atomic mass is 10.1. The molecule has 0 aliphatic heterocycles. The number of hydrogen-bond acceptors (Lipinski definition) is 2. The number of nitrogens with two attached hydrogens (primary N) is 1. The zero-order valence-electron chi connectivity index (χ0n) is 9.70. The molecule has 0 radical (unpaired) electrons. The fraction of sp³-hybridized carbons (Fsp3) is 0.143. The lowest BCUT2D eigenvalue weighted by Gasteiger charge is -2.09. The van der Waals surface area contributed by atoms with Crippen molar-refractivity contribution in [3.05, 3.63) is 58.6 Å². The second-order valence-electron chi connectivity index (χ2n) is 4.08. The Labute approximate surface area is 106 Å². The maximum Gasteiger partial charge on any atom is 0.0658 e. The summed E-state index contributed by atoms with van der Waals surface area (Å²) in [6.07, 6.45) is 0. The highest BCUT2D eigenvalue weighted by molar-refractivity contribution is 6.33. The van der Waals surface area contributed by atoms with Gasteiger partial charge >= 0.3 is 0 Å². The van der Waals surface area contributed by atoms with Crippen molar-refractivity contribution in [3.8, 4) is 0 Å². The van der Waals surface area contributed by atoms with Crippen LogP contribution in [-0.4, -0.2) is 0 Å². The number of nitrogens with one attached hydrogen (secondary N) is 1. The molecule has 2 aromatic carbocycles. The molecule has 17 heavy (non-hydrogen) atoms. The van der Waals surface area contributed by atoms with Crippen molar-refractivity contribution >= 4 is 23.0 Å². The molecule has 3 N–H and O–H groups in total. The van der Waals surface area contributed by atoms with E-state index in [1.54, 1.807) is 6.07 Å². The van der Waals surface area contributed by atoms with Gasteiger partial charge in [0.25, 0.3) is 0 Å². The van der Waals surface area contributed by atoms with Gasteiger partial charge in [0.05, 0.1) is 10.7 Å². The number of nitrogen functional groups attached to an aromatic ring is 1. The van der Waals surface area contributed by atoms with Gasteiger partial charge in [-0.2, -0.15) is 0 Å². The summed E-state index contributed by atoms with van der Waals surface area (Å²) in [7, 11) is 0. The van der Waals surface area contributed by atoms with E-state index in [1.165, 1.54) is 11.1 Å². The van der Waals surface area contributed by atoms with Gasteiger partial charge < -0.3 is 11.1 Å². The van der Waals surface area contributed by atoms with E-state index in [4.69, 9.17) is 17.3 Å². The fourth-order valence-corrected chi connectivity index (χ4v) is 1.95. The highest BCUT2D eigenvalue weighted by atomic mass is 35.5. The van der Waals surface area contributed by atoms with E-state index in [-0.39, 0.29) is 0 Å². The molecule has 0 aliphatic rings. The topological polar surface area (TPSA) is 38.0 Å². The number of halogens is 1. The first kappa shape index (κ1) is 11.8. The molecule has 2 aromatic rings. The molecular weight excluding hydrogens is 232 g/mol. The average Bonchev–Trinajstić information content (AvgIpc) is 2.28. The van der Waals surface area contributed by atoms with Crippen LogP contribution in [0.15, 0.2) is 42.5 Å². The van der Waals surface area contributed by atoms with Crippen molar-refractivity contribution in [2.45, 2.75) is 13.5 Å². The van der Waals surface area contributed by atoms with E-state index < -0.39 is 0 Å². The van der Waals surface area contributed by atoms with Crippen LogP contribution in [0, 0.1) is 6.92 Å². The molecule has 0 unspecified atom stereocenters. The quantitative estimate of drug-likeness (QED) is 0.808. The van der Waals surface area contributed by atoms with E-state index in [1.807, 2.05) is 12.1 Å². The van der Waals surface area contributed by atoms with Crippen LogP contribution in [0.2, 0.25) is 5.02 Å². The van der Waals surface area contributed by atoms with Crippen molar-refractivity contribution in [2.24, 2.45) is 0 Å². The first-order chi connectivity index (χ1) is 8.15. The Balaban J connectivity index is 2.07. The van der Waals surface area contributed by atoms with Crippen LogP contribution < -0.4 is 11.1 Å². The van der Waals surface area contributed by atoms with Gasteiger partial charge in [-0.05, 0) is 30.7 Å². The third-order valence-corrected chi connectivity index (χ3v) is 2.87. The number of hydrogen-bond donors (Lipinski definition) is 2. The molecule has 0 fully saturated rings. The Morgan fingerprint density at radius 2 is 2.00 bits per heavy atom. The molecule has 0 atom stereocenters. The Kier molecular flexibility index (Phi) is 3.55.